The number of benzene rings is 1. The lowest BCUT2D eigenvalue weighted by atomic mass is 9.98. The number of nitrogens with zero attached hydrogens (tertiary/aromatic N) is 2. The van der Waals surface area contributed by atoms with Crippen LogP contribution in [0.2, 0.25) is 5.02 Å². The molecule has 0 spiro atoms. The molecule has 20 heavy (non-hydrogen) atoms. The Labute approximate surface area is 121 Å². The van der Waals surface area contributed by atoms with E-state index in [0.717, 1.165) is 6.42 Å². The molecule has 0 amide bonds. The molecule has 2 heterocycles. The second-order valence-electron chi connectivity index (χ2n) is 4.91. The maximum atomic E-state index is 13.8. The summed E-state index contributed by atoms with van der Waals surface area (Å²) in [5.41, 5.74) is 0.685. The van der Waals surface area contributed by atoms with Crippen LogP contribution in [0.15, 0.2) is 36.5 Å². The lowest BCUT2D eigenvalue weighted by molar-refractivity contribution is 0.588. The Hall–Kier alpha value is -1.68. The van der Waals surface area contributed by atoms with Gasteiger partial charge in [-0.15, -0.1) is 0 Å². The van der Waals surface area contributed by atoms with E-state index < -0.39 is 5.82 Å². The summed E-state index contributed by atoms with van der Waals surface area (Å²) in [4.78, 5) is 5.87. The highest BCUT2D eigenvalue weighted by atomic mass is 35.5. The van der Waals surface area contributed by atoms with Crippen LogP contribution in [0.3, 0.4) is 0 Å². The Morgan fingerprint density at radius 1 is 1.20 bits per heavy atom. The van der Waals surface area contributed by atoms with Gasteiger partial charge >= 0.3 is 0 Å². The van der Waals surface area contributed by atoms with Crippen LogP contribution >= 0.6 is 11.6 Å². The molecule has 1 fully saturated rings. The number of rotatable bonds is 2. The summed E-state index contributed by atoms with van der Waals surface area (Å²) in [6, 6.07) is 7.99. The number of pyridine rings is 1. The molecule has 5 heteroatoms. The van der Waals surface area contributed by atoms with E-state index >= 15 is 0 Å². The minimum absolute atomic E-state index is 0.0630. The number of hydrogen-bond donors (Lipinski definition) is 0. The molecule has 0 bridgehead atoms. The Kier molecular flexibility index (Phi) is 3.57. The highest BCUT2D eigenvalue weighted by molar-refractivity contribution is 6.30. The van der Waals surface area contributed by atoms with Crippen molar-refractivity contribution in [2.45, 2.75) is 12.3 Å². The minimum Gasteiger partial charge on any atom is -0.354 e. The molecule has 3 rings (SSSR count). The van der Waals surface area contributed by atoms with Gasteiger partial charge < -0.3 is 4.90 Å². The van der Waals surface area contributed by atoms with Crippen molar-refractivity contribution in [3.05, 3.63) is 58.7 Å². The second kappa shape index (κ2) is 5.37. The van der Waals surface area contributed by atoms with Crippen LogP contribution in [0.4, 0.5) is 14.6 Å². The molecule has 0 radical (unpaired) electrons. The van der Waals surface area contributed by atoms with E-state index in [2.05, 4.69) is 4.98 Å². The molecule has 1 aromatic heterocycles. The third kappa shape index (κ3) is 2.48. The fraction of sp³-hybridized carbons (Fsp3) is 0.267. The molecule has 0 N–H and O–H groups in total. The Balaban J connectivity index is 1.82. The fourth-order valence-corrected chi connectivity index (χ4v) is 2.80. The van der Waals surface area contributed by atoms with Gasteiger partial charge in [0.1, 0.15) is 5.82 Å². The zero-order chi connectivity index (χ0) is 14.1. The van der Waals surface area contributed by atoms with Gasteiger partial charge in [-0.3, -0.25) is 0 Å². The molecule has 2 nitrogen and oxygen atoms in total. The van der Waals surface area contributed by atoms with Crippen molar-refractivity contribution in [2.24, 2.45) is 0 Å². The van der Waals surface area contributed by atoms with E-state index in [9.17, 15) is 8.78 Å². The molecular formula is C15H13ClF2N2. The summed E-state index contributed by atoms with van der Waals surface area (Å²) in [6.45, 7) is 1.22. The Bertz CT molecular complexity index is 633. The number of anilines is 1. The van der Waals surface area contributed by atoms with E-state index in [1.807, 2.05) is 11.0 Å². The van der Waals surface area contributed by atoms with Crippen molar-refractivity contribution in [3.8, 4) is 0 Å². The predicted molar refractivity (Wildman–Crippen MR) is 75.2 cm³/mol. The highest BCUT2D eigenvalue weighted by Gasteiger charge is 2.28. The van der Waals surface area contributed by atoms with E-state index in [0.29, 0.717) is 18.7 Å². The molecular weight excluding hydrogens is 282 g/mol. The van der Waals surface area contributed by atoms with Crippen molar-refractivity contribution in [2.75, 3.05) is 18.0 Å². The van der Waals surface area contributed by atoms with E-state index in [1.165, 1.54) is 18.3 Å². The molecule has 0 saturated carbocycles. The van der Waals surface area contributed by atoms with Crippen LogP contribution < -0.4 is 4.90 Å². The SMILES string of the molecule is Fc1ccccc1C1CCN(c2ncc(Cl)cc2F)C1. The standard InChI is InChI=1S/C15H13ClF2N2/c16-11-7-14(18)15(19-8-11)20-6-5-10(9-20)12-3-1-2-4-13(12)17/h1-4,7-8,10H,5-6,9H2. The van der Waals surface area contributed by atoms with Crippen LogP contribution in [0.25, 0.3) is 0 Å². The Morgan fingerprint density at radius 3 is 2.75 bits per heavy atom. The van der Waals surface area contributed by atoms with Gasteiger partial charge in [0.05, 0.1) is 5.02 Å². The third-order valence-electron chi connectivity index (χ3n) is 3.62. The van der Waals surface area contributed by atoms with Crippen LogP contribution in [0.5, 0.6) is 0 Å². The van der Waals surface area contributed by atoms with Crippen molar-refractivity contribution in [3.63, 3.8) is 0 Å². The van der Waals surface area contributed by atoms with Gasteiger partial charge in [-0.2, -0.15) is 0 Å². The maximum absolute atomic E-state index is 13.8. The lowest BCUT2D eigenvalue weighted by Crippen LogP contribution is -2.21. The van der Waals surface area contributed by atoms with Crippen LogP contribution in [0, 0.1) is 11.6 Å². The van der Waals surface area contributed by atoms with Crippen LogP contribution in [0.1, 0.15) is 17.9 Å². The second-order valence-corrected chi connectivity index (χ2v) is 5.35. The van der Waals surface area contributed by atoms with E-state index in [-0.39, 0.29) is 22.6 Å². The molecule has 1 aliphatic rings. The first kappa shape index (κ1) is 13.3. The summed E-state index contributed by atoms with van der Waals surface area (Å²) in [7, 11) is 0. The van der Waals surface area contributed by atoms with Crippen molar-refractivity contribution in [1.29, 1.82) is 0 Å². The molecule has 1 aliphatic heterocycles. The average Bonchev–Trinajstić information content (AvgIpc) is 2.88. The van der Waals surface area contributed by atoms with Crippen molar-refractivity contribution in [1.82, 2.24) is 4.98 Å². The summed E-state index contributed by atoms with van der Waals surface area (Å²) in [6.07, 6.45) is 2.21. The number of hydrogen-bond acceptors (Lipinski definition) is 2. The number of aromatic nitrogens is 1. The first-order valence-electron chi connectivity index (χ1n) is 6.45. The summed E-state index contributed by atoms with van der Waals surface area (Å²) in [5, 5.41) is 0.274. The lowest BCUT2D eigenvalue weighted by Gasteiger charge is -2.18. The maximum Gasteiger partial charge on any atom is 0.167 e. The normalized spacial score (nSPS) is 18.6. The Morgan fingerprint density at radius 2 is 2.00 bits per heavy atom. The average molecular weight is 295 g/mol. The third-order valence-corrected chi connectivity index (χ3v) is 3.83. The van der Waals surface area contributed by atoms with Crippen molar-refractivity contribution < 1.29 is 8.78 Å². The molecule has 1 saturated heterocycles. The van der Waals surface area contributed by atoms with Crippen molar-refractivity contribution >= 4 is 17.4 Å². The van der Waals surface area contributed by atoms with Crippen LogP contribution in [-0.2, 0) is 0 Å². The first-order valence-corrected chi connectivity index (χ1v) is 6.83. The monoisotopic (exact) mass is 294 g/mol. The van der Waals surface area contributed by atoms with E-state index in [1.54, 1.807) is 12.1 Å². The van der Waals surface area contributed by atoms with Gasteiger partial charge in [0.25, 0.3) is 0 Å². The molecule has 1 aromatic carbocycles. The van der Waals surface area contributed by atoms with Gasteiger partial charge in [0, 0.05) is 25.2 Å². The first-order chi connectivity index (χ1) is 9.65. The zero-order valence-corrected chi connectivity index (χ0v) is 11.4. The topological polar surface area (TPSA) is 16.1 Å². The van der Waals surface area contributed by atoms with Crippen LogP contribution in [-0.4, -0.2) is 18.1 Å². The molecule has 0 aliphatic carbocycles. The van der Waals surface area contributed by atoms with Gasteiger partial charge in [-0.05, 0) is 24.1 Å². The predicted octanol–water partition coefficient (Wildman–Crippen LogP) is 4.01. The molecule has 104 valence electrons. The number of halogens is 3. The van der Waals surface area contributed by atoms with Gasteiger partial charge in [-0.1, -0.05) is 29.8 Å². The van der Waals surface area contributed by atoms with Gasteiger partial charge in [-0.25, -0.2) is 13.8 Å². The molecule has 1 unspecified atom stereocenters. The smallest absolute Gasteiger partial charge is 0.167 e. The quantitative estimate of drug-likeness (QED) is 0.832. The molecule has 1 atom stereocenters. The summed E-state index contributed by atoms with van der Waals surface area (Å²) >= 11 is 5.70. The van der Waals surface area contributed by atoms with E-state index in [4.69, 9.17) is 11.6 Å². The molecule has 2 aromatic rings. The van der Waals surface area contributed by atoms with Gasteiger partial charge in [0.15, 0.2) is 11.6 Å². The fourth-order valence-electron chi connectivity index (χ4n) is 2.65. The highest BCUT2D eigenvalue weighted by Crippen LogP contribution is 2.32. The largest absolute Gasteiger partial charge is 0.354 e. The zero-order valence-electron chi connectivity index (χ0n) is 10.7. The summed E-state index contributed by atoms with van der Waals surface area (Å²) in [5.74, 6) is -0.295. The summed E-state index contributed by atoms with van der Waals surface area (Å²) < 4.78 is 27.6. The minimum atomic E-state index is -0.438. The van der Waals surface area contributed by atoms with Gasteiger partial charge in [0.2, 0.25) is 0 Å².